The molecule has 8 heteroatoms. The number of nitro benzene ring substituents is 1. The van der Waals surface area contributed by atoms with Crippen LogP contribution in [-0.2, 0) is 0 Å². The van der Waals surface area contributed by atoms with E-state index in [1.54, 1.807) is 6.07 Å². The molecular weight excluding hydrogens is 360 g/mol. The summed E-state index contributed by atoms with van der Waals surface area (Å²) in [4.78, 5) is 22.8. The van der Waals surface area contributed by atoms with Crippen molar-refractivity contribution in [1.82, 2.24) is 0 Å². The maximum Gasteiger partial charge on any atom is 0.271 e. The topological polar surface area (TPSA) is 90.7 Å². The summed E-state index contributed by atoms with van der Waals surface area (Å²) in [6.45, 7) is 4.46. The van der Waals surface area contributed by atoms with Gasteiger partial charge in [-0.15, -0.1) is 0 Å². The van der Waals surface area contributed by atoms with E-state index in [1.807, 2.05) is 13.8 Å². The van der Waals surface area contributed by atoms with Gasteiger partial charge in [0.25, 0.3) is 11.6 Å². The van der Waals surface area contributed by atoms with E-state index in [9.17, 15) is 14.9 Å². The summed E-state index contributed by atoms with van der Waals surface area (Å²) in [6.07, 6.45) is 0. The highest BCUT2D eigenvalue weighted by Crippen LogP contribution is 2.37. The maximum absolute atomic E-state index is 12.5. The van der Waals surface area contributed by atoms with Crippen LogP contribution in [0.1, 0.15) is 24.2 Å². The van der Waals surface area contributed by atoms with Crippen molar-refractivity contribution < 1.29 is 19.2 Å². The molecule has 0 unspecified atom stereocenters. The number of non-ortho nitro benzene ring substituents is 1. The predicted molar refractivity (Wildman–Crippen MR) is 99.4 cm³/mol. The molecular formula is C18H19ClN2O5. The van der Waals surface area contributed by atoms with Gasteiger partial charge in [0.15, 0.2) is 11.5 Å². The highest BCUT2D eigenvalue weighted by atomic mass is 35.5. The minimum atomic E-state index is -0.531. The Morgan fingerprint density at radius 2 is 2.04 bits per heavy atom. The van der Waals surface area contributed by atoms with Crippen LogP contribution >= 0.6 is 11.6 Å². The van der Waals surface area contributed by atoms with Crippen LogP contribution in [0.25, 0.3) is 0 Å². The Hall–Kier alpha value is -2.80. The number of nitrogens with zero attached hydrogens (tertiary/aromatic N) is 1. The molecule has 0 aliphatic carbocycles. The maximum atomic E-state index is 12.5. The van der Waals surface area contributed by atoms with Gasteiger partial charge in [-0.3, -0.25) is 14.9 Å². The van der Waals surface area contributed by atoms with E-state index in [1.165, 1.54) is 37.4 Å². The van der Waals surface area contributed by atoms with E-state index in [0.717, 1.165) is 0 Å². The molecule has 0 spiro atoms. The lowest BCUT2D eigenvalue weighted by Crippen LogP contribution is -2.13. The molecule has 0 aromatic heterocycles. The Labute approximate surface area is 156 Å². The summed E-state index contributed by atoms with van der Waals surface area (Å²) < 4.78 is 10.9. The molecule has 0 atom stereocenters. The Kier molecular flexibility index (Phi) is 6.41. The number of carbonyl (C=O) groups excluding carboxylic acids is 1. The SMILES string of the molecule is COc1cc(C(=O)Nc2cccc([N+](=O)[O-])c2)cc(Cl)c1OCC(C)C. The third-order valence-electron chi connectivity index (χ3n) is 3.37. The van der Waals surface area contributed by atoms with Gasteiger partial charge in [-0.1, -0.05) is 31.5 Å². The molecule has 1 amide bonds. The highest BCUT2D eigenvalue weighted by Gasteiger charge is 2.17. The molecule has 0 aliphatic heterocycles. The van der Waals surface area contributed by atoms with Gasteiger partial charge in [-0.05, 0) is 24.1 Å². The smallest absolute Gasteiger partial charge is 0.271 e. The van der Waals surface area contributed by atoms with Gasteiger partial charge in [0.1, 0.15) is 0 Å². The molecule has 2 aromatic carbocycles. The van der Waals surface area contributed by atoms with Gasteiger partial charge >= 0.3 is 0 Å². The number of halogens is 1. The zero-order valence-corrected chi connectivity index (χ0v) is 15.4. The zero-order valence-electron chi connectivity index (χ0n) is 14.6. The number of amides is 1. The summed E-state index contributed by atoms with van der Waals surface area (Å²) >= 11 is 6.24. The summed E-state index contributed by atoms with van der Waals surface area (Å²) in [6, 6.07) is 8.64. The van der Waals surface area contributed by atoms with Crippen molar-refractivity contribution in [1.29, 1.82) is 0 Å². The normalized spacial score (nSPS) is 10.5. The van der Waals surface area contributed by atoms with E-state index in [2.05, 4.69) is 5.32 Å². The molecule has 0 aliphatic rings. The molecule has 0 saturated carbocycles. The van der Waals surface area contributed by atoms with E-state index in [4.69, 9.17) is 21.1 Å². The molecule has 26 heavy (non-hydrogen) atoms. The number of hydrogen-bond acceptors (Lipinski definition) is 5. The quantitative estimate of drug-likeness (QED) is 0.564. The lowest BCUT2D eigenvalue weighted by atomic mass is 10.1. The van der Waals surface area contributed by atoms with Crippen LogP contribution < -0.4 is 14.8 Å². The molecule has 0 bridgehead atoms. The summed E-state index contributed by atoms with van der Waals surface area (Å²) in [7, 11) is 1.45. The van der Waals surface area contributed by atoms with Gasteiger partial charge < -0.3 is 14.8 Å². The van der Waals surface area contributed by atoms with Crippen LogP contribution in [0.5, 0.6) is 11.5 Å². The van der Waals surface area contributed by atoms with Crippen LogP contribution in [0.15, 0.2) is 36.4 Å². The van der Waals surface area contributed by atoms with Crippen LogP contribution in [0.4, 0.5) is 11.4 Å². The molecule has 7 nitrogen and oxygen atoms in total. The monoisotopic (exact) mass is 378 g/mol. The minimum absolute atomic E-state index is 0.115. The van der Waals surface area contributed by atoms with Crippen molar-refractivity contribution in [3.8, 4) is 11.5 Å². The van der Waals surface area contributed by atoms with Crippen LogP contribution in [-0.4, -0.2) is 24.5 Å². The van der Waals surface area contributed by atoms with Crippen molar-refractivity contribution >= 4 is 28.9 Å². The first kappa shape index (κ1) is 19.5. The standard InChI is InChI=1S/C18H19ClN2O5/c1-11(2)10-26-17-15(19)7-12(8-16(17)25-3)18(22)20-13-5-4-6-14(9-13)21(23)24/h4-9,11H,10H2,1-3H3,(H,20,22). The second kappa shape index (κ2) is 8.53. The number of methoxy groups -OCH3 is 1. The average Bonchev–Trinajstić information content (AvgIpc) is 2.59. The number of benzene rings is 2. The van der Waals surface area contributed by atoms with Crippen LogP contribution in [0.3, 0.4) is 0 Å². The third-order valence-corrected chi connectivity index (χ3v) is 3.65. The largest absolute Gasteiger partial charge is 0.493 e. The van der Waals surface area contributed by atoms with Crippen molar-refractivity contribution in [2.45, 2.75) is 13.8 Å². The van der Waals surface area contributed by atoms with E-state index >= 15 is 0 Å². The number of rotatable bonds is 7. The van der Waals surface area contributed by atoms with Gasteiger partial charge in [-0.25, -0.2) is 0 Å². The van der Waals surface area contributed by atoms with Crippen molar-refractivity contribution in [3.63, 3.8) is 0 Å². The van der Waals surface area contributed by atoms with Crippen molar-refractivity contribution in [2.24, 2.45) is 5.92 Å². The summed E-state index contributed by atoms with van der Waals surface area (Å²) in [5, 5.41) is 13.7. The summed E-state index contributed by atoms with van der Waals surface area (Å²) in [5.41, 5.74) is 0.436. The third kappa shape index (κ3) is 4.86. The molecule has 0 saturated heterocycles. The Morgan fingerprint density at radius 1 is 1.31 bits per heavy atom. The lowest BCUT2D eigenvalue weighted by Gasteiger charge is -2.15. The second-order valence-electron chi connectivity index (χ2n) is 5.96. The number of carbonyl (C=O) groups is 1. The predicted octanol–water partition coefficient (Wildman–Crippen LogP) is 4.54. The Balaban J connectivity index is 2.25. The number of nitro groups is 1. The average molecular weight is 379 g/mol. The highest BCUT2D eigenvalue weighted by molar-refractivity contribution is 6.32. The van der Waals surface area contributed by atoms with Gasteiger partial charge in [-0.2, -0.15) is 0 Å². The first-order valence-electron chi connectivity index (χ1n) is 7.88. The molecule has 138 valence electrons. The second-order valence-corrected chi connectivity index (χ2v) is 6.36. The molecule has 0 heterocycles. The van der Waals surface area contributed by atoms with E-state index in [0.29, 0.717) is 29.7 Å². The fraction of sp³-hybridized carbons (Fsp3) is 0.278. The zero-order chi connectivity index (χ0) is 19.3. The van der Waals surface area contributed by atoms with Crippen molar-refractivity contribution in [3.05, 3.63) is 57.1 Å². The van der Waals surface area contributed by atoms with E-state index in [-0.39, 0.29) is 16.3 Å². The van der Waals surface area contributed by atoms with Gasteiger partial charge in [0.05, 0.1) is 23.7 Å². The van der Waals surface area contributed by atoms with Gasteiger partial charge in [0.2, 0.25) is 0 Å². The number of ether oxygens (including phenoxy) is 2. The Bertz CT molecular complexity index is 823. The fourth-order valence-electron chi connectivity index (χ4n) is 2.14. The number of nitrogens with one attached hydrogen (secondary N) is 1. The fourth-order valence-corrected chi connectivity index (χ4v) is 2.41. The minimum Gasteiger partial charge on any atom is -0.493 e. The van der Waals surface area contributed by atoms with Crippen molar-refractivity contribution in [2.75, 3.05) is 19.0 Å². The molecule has 2 rings (SSSR count). The lowest BCUT2D eigenvalue weighted by molar-refractivity contribution is -0.384. The molecule has 1 N–H and O–H groups in total. The molecule has 0 radical (unpaired) electrons. The van der Waals surface area contributed by atoms with E-state index < -0.39 is 10.8 Å². The molecule has 0 fully saturated rings. The van der Waals surface area contributed by atoms with Gasteiger partial charge in [0, 0.05) is 23.4 Å². The first-order valence-corrected chi connectivity index (χ1v) is 8.25. The first-order chi connectivity index (χ1) is 12.3. The van der Waals surface area contributed by atoms with Crippen LogP contribution in [0, 0.1) is 16.0 Å². The Morgan fingerprint density at radius 3 is 2.65 bits per heavy atom. The summed E-state index contributed by atoms with van der Waals surface area (Å²) in [5.74, 6) is 0.533. The number of hydrogen-bond donors (Lipinski definition) is 1. The molecule has 2 aromatic rings. The van der Waals surface area contributed by atoms with Crippen LogP contribution in [0.2, 0.25) is 5.02 Å². The number of anilines is 1.